The van der Waals surface area contributed by atoms with Crippen LogP contribution in [0.2, 0.25) is 0 Å². The molecule has 1 aromatic carbocycles. The number of carbonyl (C=O) groups is 1. The van der Waals surface area contributed by atoms with E-state index >= 15 is 0 Å². The highest BCUT2D eigenvalue weighted by Crippen LogP contribution is 2.32. The second kappa shape index (κ2) is 9.02. The number of fused-ring (bicyclic) bond motifs is 2. The first-order valence-electron chi connectivity index (χ1n) is 12.2. The Morgan fingerprint density at radius 3 is 2.71 bits per heavy atom. The first kappa shape index (κ1) is 21.6. The van der Waals surface area contributed by atoms with Gasteiger partial charge in [0.05, 0.1) is 6.33 Å². The fourth-order valence-electron chi connectivity index (χ4n) is 5.39. The molecule has 0 saturated carbocycles. The molecule has 1 amide bonds. The third kappa shape index (κ3) is 4.09. The molecule has 0 unspecified atom stereocenters. The van der Waals surface area contributed by atoms with Gasteiger partial charge in [-0.15, -0.1) is 0 Å². The Kier molecular flexibility index (Phi) is 5.56. The summed E-state index contributed by atoms with van der Waals surface area (Å²) < 4.78 is 1.84. The van der Waals surface area contributed by atoms with Gasteiger partial charge in [0.25, 0.3) is 0 Å². The van der Waals surface area contributed by atoms with Crippen molar-refractivity contribution < 1.29 is 4.79 Å². The molecule has 1 saturated heterocycles. The molecule has 3 aromatic heterocycles. The summed E-state index contributed by atoms with van der Waals surface area (Å²) in [4.78, 5) is 33.3. The highest BCUT2D eigenvalue weighted by Gasteiger charge is 2.30. The van der Waals surface area contributed by atoms with E-state index in [2.05, 4.69) is 55.9 Å². The molecule has 1 atom stereocenters. The van der Waals surface area contributed by atoms with Gasteiger partial charge in [0, 0.05) is 56.8 Å². The first-order chi connectivity index (χ1) is 17.2. The lowest BCUT2D eigenvalue weighted by atomic mass is 9.96. The summed E-state index contributed by atoms with van der Waals surface area (Å²) in [5, 5.41) is 0. The van der Waals surface area contributed by atoms with E-state index in [1.165, 1.54) is 16.8 Å². The van der Waals surface area contributed by atoms with Gasteiger partial charge in [-0.1, -0.05) is 18.2 Å². The van der Waals surface area contributed by atoms with Crippen LogP contribution >= 0.6 is 0 Å². The van der Waals surface area contributed by atoms with Crippen molar-refractivity contribution >= 4 is 28.6 Å². The normalized spacial score (nSPS) is 18.1. The Morgan fingerprint density at radius 1 is 0.943 bits per heavy atom. The zero-order valence-corrected chi connectivity index (χ0v) is 19.9. The molecule has 0 bridgehead atoms. The molecular formula is C27H29N7O. The minimum absolute atomic E-state index is 0.110. The number of imidazole rings is 1. The van der Waals surface area contributed by atoms with Crippen molar-refractivity contribution in [2.75, 3.05) is 36.0 Å². The lowest BCUT2D eigenvalue weighted by Crippen LogP contribution is -2.55. The van der Waals surface area contributed by atoms with E-state index in [0.29, 0.717) is 6.54 Å². The fourth-order valence-corrected chi connectivity index (χ4v) is 5.39. The van der Waals surface area contributed by atoms with Crippen LogP contribution in [-0.4, -0.2) is 62.5 Å². The number of rotatable bonds is 4. The molecule has 0 spiro atoms. The molecule has 8 heteroatoms. The highest BCUT2D eigenvalue weighted by atomic mass is 16.2. The second-order valence-electron chi connectivity index (χ2n) is 9.38. The SMILES string of the molecule is C[C@@H]1CN(c2cccc3c2CN(c2ccccn2)CC3)CCN1C(=O)Cn1cnc2cccnc21. The summed E-state index contributed by atoms with van der Waals surface area (Å²) in [6, 6.07) is 16.6. The average molecular weight is 468 g/mol. The molecule has 0 aliphatic carbocycles. The Morgan fingerprint density at radius 2 is 1.86 bits per heavy atom. The van der Waals surface area contributed by atoms with Crippen molar-refractivity contribution in [3.63, 3.8) is 0 Å². The number of aromatic nitrogens is 4. The Hall–Kier alpha value is -3.94. The van der Waals surface area contributed by atoms with E-state index in [-0.39, 0.29) is 18.5 Å². The van der Waals surface area contributed by atoms with Crippen LogP contribution in [0.3, 0.4) is 0 Å². The predicted octanol–water partition coefficient (Wildman–Crippen LogP) is 3.13. The Balaban J connectivity index is 1.17. The maximum absolute atomic E-state index is 13.2. The zero-order chi connectivity index (χ0) is 23.8. The average Bonchev–Trinajstić information content (AvgIpc) is 3.31. The maximum Gasteiger partial charge on any atom is 0.242 e. The van der Waals surface area contributed by atoms with Crippen molar-refractivity contribution in [1.82, 2.24) is 24.4 Å². The van der Waals surface area contributed by atoms with Gasteiger partial charge in [0.2, 0.25) is 5.91 Å². The number of amides is 1. The summed E-state index contributed by atoms with van der Waals surface area (Å²) in [6.07, 6.45) is 6.32. The number of piperazine rings is 1. The number of nitrogens with zero attached hydrogens (tertiary/aromatic N) is 7. The first-order valence-corrected chi connectivity index (χ1v) is 12.2. The number of carbonyl (C=O) groups excluding carboxylic acids is 1. The van der Waals surface area contributed by atoms with Gasteiger partial charge >= 0.3 is 0 Å². The van der Waals surface area contributed by atoms with Crippen LogP contribution in [0.1, 0.15) is 18.1 Å². The Bertz CT molecular complexity index is 1350. The van der Waals surface area contributed by atoms with Crippen LogP contribution in [0.25, 0.3) is 11.2 Å². The van der Waals surface area contributed by atoms with E-state index < -0.39 is 0 Å². The summed E-state index contributed by atoms with van der Waals surface area (Å²) >= 11 is 0. The van der Waals surface area contributed by atoms with Crippen LogP contribution in [0.5, 0.6) is 0 Å². The van der Waals surface area contributed by atoms with Gasteiger partial charge in [-0.05, 0) is 54.8 Å². The van der Waals surface area contributed by atoms with Gasteiger partial charge in [-0.3, -0.25) is 4.79 Å². The molecule has 8 nitrogen and oxygen atoms in total. The smallest absolute Gasteiger partial charge is 0.242 e. The quantitative estimate of drug-likeness (QED) is 0.459. The molecule has 35 heavy (non-hydrogen) atoms. The Labute approximate surface area is 204 Å². The molecule has 6 rings (SSSR count). The topological polar surface area (TPSA) is 70.4 Å². The zero-order valence-electron chi connectivity index (χ0n) is 19.9. The van der Waals surface area contributed by atoms with E-state index in [1.807, 2.05) is 39.9 Å². The van der Waals surface area contributed by atoms with Gasteiger partial charge in [-0.25, -0.2) is 15.0 Å². The number of benzene rings is 1. The fraction of sp³-hybridized carbons (Fsp3) is 0.333. The third-order valence-corrected chi connectivity index (χ3v) is 7.19. The van der Waals surface area contributed by atoms with E-state index in [4.69, 9.17) is 0 Å². The molecule has 5 heterocycles. The summed E-state index contributed by atoms with van der Waals surface area (Å²) in [6.45, 7) is 6.57. The van der Waals surface area contributed by atoms with Crippen LogP contribution in [0, 0.1) is 0 Å². The standard InChI is InChI=1S/C27H29N7O/c1-20-16-31(14-15-34(20)26(35)18-33-19-30-23-7-5-12-29-27(23)33)24-8-4-6-21-10-13-32(17-22(21)24)25-9-2-3-11-28-25/h2-9,11-12,19-20H,10,13-18H2,1H3/t20-/m1/s1. The largest absolute Gasteiger partial charge is 0.367 e. The van der Waals surface area contributed by atoms with Gasteiger partial charge in [-0.2, -0.15) is 0 Å². The summed E-state index contributed by atoms with van der Waals surface area (Å²) in [7, 11) is 0. The number of hydrogen-bond donors (Lipinski definition) is 0. The second-order valence-corrected chi connectivity index (χ2v) is 9.38. The lowest BCUT2D eigenvalue weighted by Gasteiger charge is -2.43. The molecule has 0 N–H and O–H groups in total. The van der Waals surface area contributed by atoms with Crippen molar-refractivity contribution in [2.45, 2.75) is 32.5 Å². The molecule has 0 radical (unpaired) electrons. The molecule has 2 aliphatic rings. The van der Waals surface area contributed by atoms with Gasteiger partial charge in [0.1, 0.15) is 17.9 Å². The minimum Gasteiger partial charge on any atom is -0.367 e. The monoisotopic (exact) mass is 467 g/mol. The predicted molar refractivity (Wildman–Crippen MR) is 136 cm³/mol. The summed E-state index contributed by atoms with van der Waals surface area (Å²) in [5.41, 5.74) is 5.65. The van der Waals surface area contributed by atoms with Crippen LogP contribution in [0.15, 0.2) is 67.3 Å². The third-order valence-electron chi connectivity index (χ3n) is 7.19. The van der Waals surface area contributed by atoms with Gasteiger partial charge in [0.15, 0.2) is 5.65 Å². The maximum atomic E-state index is 13.2. The molecular weight excluding hydrogens is 438 g/mol. The van der Waals surface area contributed by atoms with Crippen molar-refractivity contribution in [2.24, 2.45) is 0 Å². The number of hydrogen-bond acceptors (Lipinski definition) is 6. The molecule has 2 aliphatic heterocycles. The lowest BCUT2D eigenvalue weighted by molar-refractivity contribution is -0.134. The summed E-state index contributed by atoms with van der Waals surface area (Å²) in [5.74, 6) is 1.14. The number of pyridine rings is 2. The molecule has 178 valence electrons. The highest BCUT2D eigenvalue weighted by molar-refractivity contribution is 5.79. The van der Waals surface area contributed by atoms with Crippen molar-refractivity contribution in [3.05, 3.63) is 78.4 Å². The van der Waals surface area contributed by atoms with Crippen molar-refractivity contribution in [1.29, 1.82) is 0 Å². The van der Waals surface area contributed by atoms with E-state index in [0.717, 1.165) is 49.6 Å². The van der Waals surface area contributed by atoms with Crippen LogP contribution in [-0.2, 0) is 24.3 Å². The molecule has 1 fully saturated rings. The van der Waals surface area contributed by atoms with Crippen LogP contribution < -0.4 is 9.80 Å². The van der Waals surface area contributed by atoms with E-state index in [9.17, 15) is 4.79 Å². The minimum atomic E-state index is 0.110. The number of anilines is 2. The van der Waals surface area contributed by atoms with Crippen LogP contribution in [0.4, 0.5) is 11.5 Å². The molecule has 4 aromatic rings. The van der Waals surface area contributed by atoms with Gasteiger partial charge < -0.3 is 19.3 Å². The van der Waals surface area contributed by atoms with Crippen molar-refractivity contribution in [3.8, 4) is 0 Å². The van der Waals surface area contributed by atoms with E-state index in [1.54, 1.807) is 12.5 Å².